The van der Waals surface area contributed by atoms with Crippen LogP contribution in [0.3, 0.4) is 0 Å². The number of carbonyl (C=O) groups excluding carboxylic acids is 7. The monoisotopic (exact) mass is 853 g/mol. The van der Waals surface area contributed by atoms with Gasteiger partial charge >= 0.3 is 0 Å². The van der Waals surface area contributed by atoms with Gasteiger partial charge in [0.25, 0.3) is 0 Å². The van der Waals surface area contributed by atoms with Gasteiger partial charge in [0.05, 0.1) is 12.2 Å². The van der Waals surface area contributed by atoms with Gasteiger partial charge < -0.3 is 51.7 Å². The number of aliphatic hydroxyl groups excluding tert-OH is 2. The first-order valence-electron chi connectivity index (χ1n) is 21.0. The Kier molecular flexibility index (Phi) is 14.9. The lowest BCUT2D eigenvalue weighted by Crippen LogP contribution is -2.63. The first kappa shape index (κ1) is 45.2. The number of nitrogens with zero attached hydrogens (tertiary/aromatic N) is 2. The minimum absolute atomic E-state index is 0.00726. The van der Waals surface area contributed by atoms with Crippen LogP contribution in [0.5, 0.6) is 5.75 Å². The molecule has 62 heavy (non-hydrogen) atoms. The van der Waals surface area contributed by atoms with Crippen molar-refractivity contribution in [2.24, 2.45) is 0 Å². The third-order valence-electron chi connectivity index (χ3n) is 11.6. The van der Waals surface area contributed by atoms with E-state index in [1.54, 1.807) is 72.8 Å². The minimum Gasteiger partial charge on any atom is -0.508 e. The Hall–Kier alpha value is -6.33. The first-order valence-corrected chi connectivity index (χ1v) is 21.0. The van der Waals surface area contributed by atoms with E-state index >= 15 is 0 Å². The number of aromatic hydroxyl groups is 1. The summed E-state index contributed by atoms with van der Waals surface area (Å²) in [7, 11) is 0. The number of hydrogen-bond donors (Lipinski definition) is 8. The summed E-state index contributed by atoms with van der Waals surface area (Å²) in [5, 5.41) is 45.0. The fourth-order valence-electron chi connectivity index (χ4n) is 8.27. The van der Waals surface area contributed by atoms with Crippen LogP contribution in [-0.4, -0.2) is 134 Å². The van der Waals surface area contributed by atoms with Gasteiger partial charge in [0.15, 0.2) is 0 Å². The normalized spacial score (nSPS) is 26.8. The van der Waals surface area contributed by atoms with Gasteiger partial charge in [0, 0.05) is 32.4 Å². The minimum atomic E-state index is -1.61. The van der Waals surface area contributed by atoms with Crippen molar-refractivity contribution in [2.75, 3.05) is 13.1 Å². The number of phenols is 1. The van der Waals surface area contributed by atoms with Crippen molar-refractivity contribution in [3.8, 4) is 5.75 Å². The van der Waals surface area contributed by atoms with Gasteiger partial charge in [-0.25, -0.2) is 0 Å². The van der Waals surface area contributed by atoms with Crippen LogP contribution in [0.1, 0.15) is 56.2 Å². The fraction of sp³-hybridized carbons (Fsp3) is 0.444. The molecule has 17 heteroatoms. The van der Waals surface area contributed by atoms with Crippen LogP contribution in [0.2, 0.25) is 0 Å². The second kappa shape index (κ2) is 20.5. The van der Waals surface area contributed by atoms with Gasteiger partial charge in [0.1, 0.15) is 48.0 Å². The Morgan fingerprint density at radius 3 is 1.40 bits per heavy atom. The topological polar surface area (TPSA) is 247 Å². The Labute approximate surface area is 359 Å². The van der Waals surface area contributed by atoms with Crippen molar-refractivity contribution < 1.29 is 48.9 Å². The van der Waals surface area contributed by atoms with Gasteiger partial charge in [-0.15, -0.1) is 0 Å². The van der Waals surface area contributed by atoms with E-state index in [9.17, 15) is 48.9 Å². The maximum Gasteiger partial charge on any atom is 0.248 e. The molecule has 3 aliphatic rings. The number of nitrogens with one attached hydrogen (secondary N) is 5. The van der Waals surface area contributed by atoms with E-state index in [0.717, 1.165) is 0 Å². The lowest BCUT2D eigenvalue weighted by atomic mass is 10.0. The van der Waals surface area contributed by atoms with Crippen LogP contribution < -0.4 is 26.6 Å². The number of fused-ring (bicyclic) bond motifs is 2. The predicted molar refractivity (Wildman–Crippen MR) is 225 cm³/mol. The maximum absolute atomic E-state index is 14.6. The van der Waals surface area contributed by atoms with E-state index in [2.05, 4.69) is 26.6 Å². The molecule has 0 aliphatic carbocycles. The summed E-state index contributed by atoms with van der Waals surface area (Å²) in [5.74, 6) is -5.31. The molecule has 7 amide bonds. The van der Waals surface area contributed by atoms with Crippen molar-refractivity contribution in [3.63, 3.8) is 0 Å². The van der Waals surface area contributed by atoms with E-state index in [4.69, 9.17) is 0 Å². The van der Waals surface area contributed by atoms with Crippen LogP contribution in [-0.2, 0) is 52.8 Å². The molecule has 3 aliphatic heterocycles. The number of hydrogen-bond acceptors (Lipinski definition) is 10. The maximum atomic E-state index is 14.6. The van der Waals surface area contributed by atoms with Gasteiger partial charge in [-0.05, 0) is 68.4 Å². The van der Waals surface area contributed by atoms with Crippen molar-refractivity contribution in [1.29, 1.82) is 0 Å². The second-order valence-electron chi connectivity index (χ2n) is 16.3. The van der Waals surface area contributed by atoms with E-state index in [1.165, 1.54) is 35.8 Å². The van der Waals surface area contributed by atoms with Crippen LogP contribution in [0.25, 0.3) is 0 Å². The molecule has 17 nitrogen and oxygen atoms in total. The quantitative estimate of drug-likeness (QED) is 0.146. The van der Waals surface area contributed by atoms with E-state index in [0.29, 0.717) is 29.5 Å². The highest BCUT2D eigenvalue weighted by Gasteiger charge is 2.44. The SMILES string of the molecule is CC(O)[C@@H]1NC(=O)[C@@H]2CCCN2C(=O)[C@H](Cc2ccccc2)NC(=O)[C@H](Cc2ccccc2)NC(=O)[C@H](Cc2ccc(O)cc2)NC(=O)[C@@H]2CCCN2C(=O)[C@H](C(C)O)NC1=O. The smallest absolute Gasteiger partial charge is 0.248 e. The Morgan fingerprint density at radius 1 is 0.500 bits per heavy atom. The average molecular weight is 854 g/mol. The zero-order chi connectivity index (χ0) is 44.5. The second-order valence-corrected chi connectivity index (χ2v) is 16.3. The van der Waals surface area contributed by atoms with E-state index < -0.39 is 95.9 Å². The predicted octanol–water partition coefficient (Wildman–Crippen LogP) is -0.399. The third kappa shape index (κ3) is 11.1. The molecule has 0 radical (unpaired) electrons. The van der Waals surface area contributed by atoms with Gasteiger partial charge in [-0.1, -0.05) is 72.8 Å². The lowest BCUT2D eigenvalue weighted by molar-refractivity contribution is -0.145. The molecule has 0 bridgehead atoms. The summed E-state index contributed by atoms with van der Waals surface area (Å²) in [4.78, 5) is 102. The van der Waals surface area contributed by atoms with Gasteiger partial charge in [-0.2, -0.15) is 0 Å². The summed E-state index contributed by atoms with van der Waals surface area (Å²) in [6.07, 6.45) is -1.85. The highest BCUT2D eigenvalue weighted by atomic mass is 16.3. The molecule has 2 unspecified atom stereocenters. The number of carbonyl (C=O) groups is 7. The lowest BCUT2D eigenvalue weighted by Gasteiger charge is -2.32. The van der Waals surface area contributed by atoms with Crippen molar-refractivity contribution in [1.82, 2.24) is 36.4 Å². The fourth-order valence-corrected chi connectivity index (χ4v) is 8.27. The molecule has 3 fully saturated rings. The molecule has 0 aromatic heterocycles. The van der Waals surface area contributed by atoms with Crippen LogP contribution in [0.15, 0.2) is 84.9 Å². The van der Waals surface area contributed by atoms with Crippen molar-refractivity contribution in [3.05, 3.63) is 102 Å². The van der Waals surface area contributed by atoms with Gasteiger partial charge in [-0.3, -0.25) is 33.6 Å². The van der Waals surface area contributed by atoms with Crippen molar-refractivity contribution >= 4 is 41.4 Å². The summed E-state index contributed by atoms with van der Waals surface area (Å²) < 4.78 is 0. The summed E-state index contributed by atoms with van der Waals surface area (Å²) >= 11 is 0. The number of phenolic OH excluding ortho intramolecular Hbond substituents is 1. The number of benzene rings is 3. The number of aliphatic hydroxyl groups is 2. The molecule has 0 spiro atoms. The molecule has 330 valence electrons. The molecule has 9 atom stereocenters. The third-order valence-corrected chi connectivity index (χ3v) is 11.6. The zero-order valence-electron chi connectivity index (χ0n) is 34.7. The highest BCUT2D eigenvalue weighted by molar-refractivity contribution is 5.99. The van der Waals surface area contributed by atoms with Crippen LogP contribution in [0, 0.1) is 0 Å². The Bertz CT molecular complexity index is 2080. The van der Waals surface area contributed by atoms with E-state index in [-0.39, 0.29) is 50.9 Å². The Balaban J connectivity index is 1.42. The van der Waals surface area contributed by atoms with Crippen LogP contribution >= 0.6 is 0 Å². The highest BCUT2D eigenvalue weighted by Crippen LogP contribution is 2.23. The largest absolute Gasteiger partial charge is 0.508 e. The standard InChI is InChI=1S/C45H55N7O10/c1-26(53)37-43(60)50-38(27(2)54)45(62)52-22-10-15-35(52)41(58)47-33(24-30-17-19-31(55)20-18-30)39(56)46-32(23-28-11-5-3-6-12-28)40(57)48-34(25-29-13-7-4-8-14-29)44(61)51-21-9-16-36(51)42(59)49-37/h3-8,11-14,17-20,26-27,32-38,53-55H,9-10,15-16,21-25H2,1-2H3,(H,46,56)(H,47,58)(H,48,57)(H,49,59)(H,50,60)/t26?,27?,32-,33-,34-,35-,36-,37-,38-/m0/s1. The van der Waals surface area contributed by atoms with Gasteiger partial charge in [0.2, 0.25) is 41.4 Å². The first-order chi connectivity index (χ1) is 29.7. The molecular weight excluding hydrogens is 799 g/mol. The molecule has 3 aromatic rings. The summed E-state index contributed by atoms with van der Waals surface area (Å²) in [6, 6.07) is 14.6. The average Bonchev–Trinajstić information content (AvgIpc) is 3.96. The number of amides is 7. The van der Waals surface area contributed by atoms with Crippen molar-refractivity contribution in [2.45, 2.75) is 113 Å². The molecule has 6 rings (SSSR count). The number of rotatable bonds is 8. The summed E-state index contributed by atoms with van der Waals surface area (Å²) in [6.45, 7) is 2.77. The van der Waals surface area contributed by atoms with E-state index in [1.807, 2.05) is 0 Å². The molecular formula is C45H55N7O10. The molecule has 8 N–H and O–H groups in total. The summed E-state index contributed by atoms with van der Waals surface area (Å²) in [5.41, 5.74) is 1.94. The van der Waals surface area contributed by atoms with Crippen LogP contribution in [0.4, 0.5) is 0 Å². The molecule has 3 saturated heterocycles. The molecule has 3 aromatic carbocycles. The molecule has 3 heterocycles. The molecule has 0 saturated carbocycles. The Morgan fingerprint density at radius 2 is 0.903 bits per heavy atom. The zero-order valence-corrected chi connectivity index (χ0v) is 34.7.